The number of nitrogens with one attached hydrogen (secondary N) is 4. The van der Waals surface area contributed by atoms with Crippen molar-refractivity contribution < 1.29 is 19.1 Å². The van der Waals surface area contributed by atoms with Crippen LogP contribution in [0.15, 0.2) is 29.3 Å². The highest BCUT2D eigenvalue weighted by atomic mass is 32.1. The van der Waals surface area contributed by atoms with Crippen LogP contribution >= 0.6 is 11.3 Å². The number of nitrogens with zero attached hydrogens (tertiary/aromatic N) is 1. The number of carbonyl (C=O) groups is 3. The van der Waals surface area contributed by atoms with Gasteiger partial charge in [0.2, 0.25) is 0 Å². The van der Waals surface area contributed by atoms with Gasteiger partial charge in [-0.2, -0.15) is 0 Å². The van der Waals surface area contributed by atoms with Gasteiger partial charge in [0.05, 0.1) is 17.6 Å². The minimum absolute atomic E-state index is 0.00771. The van der Waals surface area contributed by atoms with E-state index < -0.39 is 11.5 Å². The van der Waals surface area contributed by atoms with Gasteiger partial charge in [0.15, 0.2) is 11.3 Å². The van der Waals surface area contributed by atoms with Crippen LogP contribution in [0.4, 0.5) is 9.80 Å². The summed E-state index contributed by atoms with van der Waals surface area (Å²) >= 11 is 1.34. The molecule has 33 heavy (non-hydrogen) atoms. The Morgan fingerprint density at radius 2 is 2.12 bits per heavy atom. The Labute approximate surface area is 196 Å². The Bertz CT molecular complexity index is 1110. The molecular formula is C23H29N5O4S. The second kappa shape index (κ2) is 9.58. The molecule has 0 radical (unpaired) electrons. The lowest BCUT2D eigenvalue weighted by Crippen LogP contribution is -2.57. The molecule has 10 heteroatoms. The molecule has 1 saturated heterocycles. The molecule has 3 amide bonds. The van der Waals surface area contributed by atoms with Crippen molar-refractivity contribution in [1.82, 2.24) is 16.0 Å². The Kier molecular flexibility index (Phi) is 6.78. The lowest BCUT2D eigenvalue weighted by atomic mass is 9.74. The Hall–Kier alpha value is -2.82. The molecule has 4 rings (SSSR count). The van der Waals surface area contributed by atoms with Crippen LogP contribution in [0.1, 0.15) is 37.6 Å². The largest absolute Gasteiger partial charge is 0.371 e. The van der Waals surface area contributed by atoms with E-state index in [2.05, 4.69) is 21.3 Å². The fourth-order valence-corrected chi connectivity index (χ4v) is 5.42. The second-order valence-corrected chi connectivity index (χ2v) is 9.51. The number of Topliss-reactive ketones (excluding diaryl/α,β-unsaturated/α-hetero) is 1. The van der Waals surface area contributed by atoms with Crippen LogP contribution < -0.4 is 21.3 Å². The van der Waals surface area contributed by atoms with E-state index in [1.807, 2.05) is 45.0 Å². The van der Waals surface area contributed by atoms with Crippen molar-refractivity contribution in [2.45, 2.75) is 38.8 Å². The molecule has 0 saturated carbocycles. The first kappa shape index (κ1) is 23.3. The summed E-state index contributed by atoms with van der Waals surface area (Å²) in [5.41, 5.74) is -0.769. The fourth-order valence-electron chi connectivity index (χ4n) is 4.32. The molecule has 0 bridgehead atoms. The highest BCUT2D eigenvalue weighted by molar-refractivity contribution is 7.23. The predicted octanol–water partition coefficient (Wildman–Crippen LogP) is 2.53. The number of ketones is 1. The Balaban J connectivity index is 1.73. The number of hydrogen-bond donors (Lipinski definition) is 4. The van der Waals surface area contributed by atoms with Crippen molar-refractivity contribution in [3.8, 4) is 0 Å². The summed E-state index contributed by atoms with van der Waals surface area (Å²) < 4.78 is 6.51. The maximum Gasteiger partial charge on any atom is 0.319 e. The first-order valence-electron chi connectivity index (χ1n) is 11.2. The highest BCUT2D eigenvalue weighted by Crippen LogP contribution is 2.41. The van der Waals surface area contributed by atoms with Crippen molar-refractivity contribution >= 4 is 50.0 Å². The van der Waals surface area contributed by atoms with Crippen molar-refractivity contribution in [3.05, 3.63) is 29.8 Å². The van der Waals surface area contributed by atoms with E-state index in [4.69, 9.17) is 9.73 Å². The van der Waals surface area contributed by atoms with Gasteiger partial charge < -0.3 is 20.7 Å². The van der Waals surface area contributed by atoms with Gasteiger partial charge in [-0.05, 0) is 39.8 Å². The summed E-state index contributed by atoms with van der Waals surface area (Å²) in [5.74, 6) is -0.751. The SMILES string of the molecule is CCNC(=O)Nc1sc2ccccc2c1C(=O)C1CNCCC12N=C(COC(C)C)NC2=O. The second-order valence-electron chi connectivity index (χ2n) is 8.45. The zero-order chi connectivity index (χ0) is 23.6. The zero-order valence-corrected chi connectivity index (χ0v) is 19.8. The standard InChI is InChI=1S/C23H29N5O4S/c1-4-25-22(31)27-20-18(14-7-5-6-8-16(14)33-20)19(29)15-11-24-10-9-23(15)21(30)26-17(28-23)12-32-13(2)3/h5-8,13,15,24H,4,9-12H2,1-3H3,(H2,25,27,31)(H,26,28,30). The maximum atomic E-state index is 14.0. The summed E-state index contributed by atoms with van der Waals surface area (Å²) in [4.78, 5) is 44.2. The smallest absolute Gasteiger partial charge is 0.319 e. The molecule has 1 spiro atoms. The number of ether oxygens (including phenoxy) is 1. The molecule has 2 aromatic rings. The third-order valence-corrected chi connectivity index (χ3v) is 6.96. The van der Waals surface area contributed by atoms with Gasteiger partial charge in [0.1, 0.15) is 17.4 Å². The van der Waals surface area contributed by atoms with Crippen LogP contribution in [0.5, 0.6) is 0 Å². The number of carbonyl (C=O) groups excluding carboxylic acids is 3. The number of hydrogen-bond acceptors (Lipinski definition) is 7. The van der Waals surface area contributed by atoms with E-state index in [9.17, 15) is 14.4 Å². The third-order valence-electron chi connectivity index (χ3n) is 5.87. The lowest BCUT2D eigenvalue weighted by Gasteiger charge is -2.36. The number of amidine groups is 1. The van der Waals surface area contributed by atoms with Crippen molar-refractivity contribution in [3.63, 3.8) is 0 Å². The molecular weight excluding hydrogens is 442 g/mol. The quantitative estimate of drug-likeness (QED) is 0.463. The predicted molar refractivity (Wildman–Crippen MR) is 129 cm³/mol. The van der Waals surface area contributed by atoms with E-state index in [0.29, 0.717) is 42.5 Å². The molecule has 176 valence electrons. The van der Waals surface area contributed by atoms with Crippen molar-refractivity contribution in [2.24, 2.45) is 10.9 Å². The number of fused-ring (bicyclic) bond motifs is 1. The van der Waals surface area contributed by atoms with Gasteiger partial charge in [-0.25, -0.2) is 4.79 Å². The summed E-state index contributed by atoms with van der Waals surface area (Å²) in [5, 5.41) is 12.8. The van der Waals surface area contributed by atoms with Crippen LogP contribution in [0.3, 0.4) is 0 Å². The van der Waals surface area contributed by atoms with E-state index in [-0.39, 0.29) is 30.4 Å². The zero-order valence-electron chi connectivity index (χ0n) is 19.0. The molecule has 9 nitrogen and oxygen atoms in total. The molecule has 2 aliphatic heterocycles. The molecule has 2 aliphatic rings. The number of urea groups is 1. The molecule has 2 unspecified atom stereocenters. The molecule has 1 aromatic carbocycles. The van der Waals surface area contributed by atoms with E-state index in [0.717, 1.165) is 10.1 Å². The van der Waals surface area contributed by atoms with Gasteiger partial charge in [0.25, 0.3) is 5.91 Å². The number of anilines is 1. The van der Waals surface area contributed by atoms with Crippen LogP contribution in [-0.4, -0.2) is 61.4 Å². The average Bonchev–Trinajstić information content (AvgIpc) is 3.29. The molecule has 2 atom stereocenters. The fraction of sp³-hybridized carbons (Fsp3) is 0.478. The topological polar surface area (TPSA) is 121 Å². The summed E-state index contributed by atoms with van der Waals surface area (Å²) in [6, 6.07) is 7.15. The minimum Gasteiger partial charge on any atom is -0.371 e. The van der Waals surface area contributed by atoms with Gasteiger partial charge in [0, 0.05) is 23.2 Å². The van der Waals surface area contributed by atoms with Gasteiger partial charge in [-0.1, -0.05) is 18.2 Å². The summed E-state index contributed by atoms with van der Waals surface area (Å²) in [7, 11) is 0. The van der Waals surface area contributed by atoms with Gasteiger partial charge in [-0.3, -0.25) is 19.9 Å². The van der Waals surface area contributed by atoms with E-state index in [1.54, 1.807) is 0 Å². The van der Waals surface area contributed by atoms with Gasteiger partial charge >= 0.3 is 6.03 Å². The number of benzene rings is 1. The normalized spacial score (nSPS) is 22.5. The molecule has 1 fully saturated rings. The van der Waals surface area contributed by atoms with E-state index >= 15 is 0 Å². The molecule has 4 N–H and O–H groups in total. The Morgan fingerprint density at radius 3 is 2.88 bits per heavy atom. The third kappa shape index (κ3) is 4.50. The van der Waals surface area contributed by atoms with E-state index in [1.165, 1.54) is 11.3 Å². The number of piperidine rings is 1. The average molecular weight is 472 g/mol. The number of rotatable bonds is 7. The molecule has 0 aliphatic carbocycles. The maximum absolute atomic E-state index is 14.0. The minimum atomic E-state index is -1.19. The Morgan fingerprint density at radius 1 is 1.33 bits per heavy atom. The summed E-state index contributed by atoms with van der Waals surface area (Å²) in [6.45, 7) is 7.19. The first-order chi connectivity index (χ1) is 15.9. The number of aliphatic imine (C=N–C) groups is 1. The number of amides is 3. The van der Waals surface area contributed by atoms with Crippen LogP contribution in [0.25, 0.3) is 10.1 Å². The lowest BCUT2D eigenvalue weighted by molar-refractivity contribution is -0.125. The monoisotopic (exact) mass is 471 g/mol. The van der Waals surface area contributed by atoms with Crippen LogP contribution in [-0.2, 0) is 9.53 Å². The first-order valence-corrected chi connectivity index (χ1v) is 12.0. The highest BCUT2D eigenvalue weighted by Gasteiger charge is 2.54. The molecule has 3 heterocycles. The number of thiophene rings is 1. The van der Waals surface area contributed by atoms with Crippen LogP contribution in [0.2, 0.25) is 0 Å². The van der Waals surface area contributed by atoms with Crippen molar-refractivity contribution in [2.75, 3.05) is 31.6 Å². The van der Waals surface area contributed by atoms with Crippen LogP contribution in [0, 0.1) is 5.92 Å². The summed E-state index contributed by atoms with van der Waals surface area (Å²) in [6.07, 6.45) is 0.397. The van der Waals surface area contributed by atoms with Crippen molar-refractivity contribution in [1.29, 1.82) is 0 Å². The molecule has 1 aromatic heterocycles. The van der Waals surface area contributed by atoms with Gasteiger partial charge in [-0.15, -0.1) is 11.3 Å².